The van der Waals surface area contributed by atoms with Crippen LogP contribution in [0.3, 0.4) is 0 Å². The molecule has 0 spiro atoms. The number of hydrogen-bond donors (Lipinski definition) is 3. The van der Waals surface area contributed by atoms with E-state index < -0.39 is 0 Å². The van der Waals surface area contributed by atoms with Crippen molar-refractivity contribution < 1.29 is 4.79 Å². The Bertz CT molecular complexity index is 423. The van der Waals surface area contributed by atoms with E-state index >= 15 is 0 Å². The first-order valence-corrected chi connectivity index (χ1v) is 7.19. The molecule has 1 aliphatic rings. The molecule has 0 radical (unpaired) electrons. The number of rotatable bonds is 6. The Morgan fingerprint density at radius 1 is 1.39 bits per heavy atom. The van der Waals surface area contributed by atoms with Crippen LogP contribution in [0, 0.1) is 0 Å². The number of anilines is 1. The minimum Gasteiger partial charge on any atom is -0.324 e. The Kier molecular flexibility index (Phi) is 5.04. The van der Waals surface area contributed by atoms with Gasteiger partial charge >= 0.3 is 0 Å². The second kappa shape index (κ2) is 6.78. The standard InChI is InChI=1S/C13H19N3OS/c1-14-5-2-6-15-8-10-3-4-12-11(7-10)16-13(17)9-18-12/h3-4,7,14-15H,2,5-6,8-9H2,1H3,(H,16,17). The smallest absolute Gasteiger partial charge is 0.234 e. The molecule has 18 heavy (non-hydrogen) atoms. The summed E-state index contributed by atoms with van der Waals surface area (Å²) in [6, 6.07) is 6.27. The number of fused-ring (bicyclic) bond motifs is 1. The van der Waals surface area contributed by atoms with Crippen molar-refractivity contribution in [1.82, 2.24) is 10.6 Å². The molecule has 0 unspecified atom stereocenters. The Morgan fingerprint density at radius 2 is 2.28 bits per heavy atom. The Hall–Kier alpha value is -1.04. The van der Waals surface area contributed by atoms with Gasteiger partial charge in [-0.25, -0.2) is 0 Å². The highest BCUT2D eigenvalue weighted by molar-refractivity contribution is 8.00. The zero-order valence-corrected chi connectivity index (χ0v) is 11.4. The van der Waals surface area contributed by atoms with Crippen LogP contribution < -0.4 is 16.0 Å². The lowest BCUT2D eigenvalue weighted by molar-refractivity contribution is -0.113. The van der Waals surface area contributed by atoms with Gasteiger partial charge in [0.1, 0.15) is 0 Å². The zero-order valence-electron chi connectivity index (χ0n) is 10.6. The van der Waals surface area contributed by atoms with Crippen molar-refractivity contribution in [2.24, 2.45) is 0 Å². The van der Waals surface area contributed by atoms with E-state index in [0.29, 0.717) is 5.75 Å². The lowest BCUT2D eigenvalue weighted by Gasteiger charge is -2.17. The van der Waals surface area contributed by atoms with Crippen LogP contribution in [0.1, 0.15) is 12.0 Å². The van der Waals surface area contributed by atoms with Crippen molar-refractivity contribution in [3.8, 4) is 0 Å². The van der Waals surface area contributed by atoms with Crippen molar-refractivity contribution in [3.63, 3.8) is 0 Å². The largest absolute Gasteiger partial charge is 0.324 e. The summed E-state index contributed by atoms with van der Waals surface area (Å²) in [5.74, 6) is 0.612. The van der Waals surface area contributed by atoms with Gasteiger partial charge in [0, 0.05) is 11.4 Å². The van der Waals surface area contributed by atoms with Gasteiger partial charge in [0.05, 0.1) is 11.4 Å². The number of thioether (sulfide) groups is 1. The molecule has 0 bridgehead atoms. The predicted molar refractivity (Wildman–Crippen MR) is 76.0 cm³/mol. The lowest BCUT2D eigenvalue weighted by Crippen LogP contribution is -2.21. The van der Waals surface area contributed by atoms with Gasteiger partial charge in [-0.2, -0.15) is 0 Å². The fourth-order valence-electron chi connectivity index (χ4n) is 1.86. The fourth-order valence-corrected chi connectivity index (χ4v) is 2.65. The van der Waals surface area contributed by atoms with Gasteiger partial charge in [-0.05, 0) is 44.3 Å². The van der Waals surface area contributed by atoms with Crippen molar-refractivity contribution in [2.75, 3.05) is 31.2 Å². The molecular weight excluding hydrogens is 246 g/mol. The third-order valence-corrected chi connectivity index (χ3v) is 3.86. The first-order valence-electron chi connectivity index (χ1n) is 6.20. The molecule has 0 fully saturated rings. The van der Waals surface area contributed by atoms with E-state index in [9.17, 15) is 4.79 Å². The van der Waals surface area contributed by atoms with Gasteiger partial charge in [-0.15, -0.1) is 11.8 Å². The summed E-state index contributed by atoms with van der Waals surface area (Å²) >= 11 is 1.60. The average Bonchev–Trinajstić information content (AvgIpc) is 2.38. The highest BCUT2D eigenvalue weighted by atomic mass is 32.2. The second-order valence-electron chi connectivity index (χ2n) is 4.30. The van der Waals surface area contributed by atoms with E-state index in [-0.39, 0.29) is 5.91 Å². The second-order valence-corrected chi connectivity index (χ2v) is 5.32. The molecule has 1 heterocycles. The van der Waals surface area contributed by atoms with E-state index in [1.807, 2.05) is 7.05 Å². The van der Waals surface area contributed by atoms with E-state index in [1.54, 1.807) is 11.8 Å². The molecule has 5 heteroatoms. The van der Waals surface area contributed by atoms with Gasteiger partial charge < -0.3 is 16.0 Å². The number of carbonyl (C=O) groups excluding carboxylic acids is 1. The van der Waals surface area contributed by atoms with E-state index in [2.05, 4.69) is 34.1 Å². The molecule has 1 aromatic rings. The highest BCUT2D eigenvalue weighted by Crippen LogP contribution is 2.31. The van der Waals surface area contributed by atoms with E-state index in [0.717, 1.165) is 36.6 Å². The van der Waals surface area contributed by atoms with Crippen LogP contribution >= 0.6 is 11.8 Å². The lowest BCUT2D eigenvalue weighted by atomic mass is 10.2. The summed E-state index contributed by atoms with van der Waals surface area (Å²) in [6.45, 7) is 2.88. The summed E-state index contributed by atoms with van der Waals surface area (Å²) in [4.78, 5) is 12.5. The molecule has 0 saturated heterocycles. The van der Waals surface area contributed by atoms with Gasteiger partial charge in [-0.3, -0.25) is 4.79 Å². The van der Waals surface area contributed by atoms with Gasteiger partial charge in [0.2, 0.25) is 5.91 Å². The fraction of sp³-hybridized carbons (Fsp3) is 0.462. The Balaban J connectivity index is 1.86. The monoisotopic (exact) mass is 265 g/mol. The quantitative estimate of drug-likeness (QED) is 0.681. The molecule has 1 amide bonds. The van der Waals surface area contributed by atoms with Crippen molar-refractivity contribution in [2.45, 2.75) is 17.9 Å². The number of benzene rings is 1. The summed E-state index contributed by atoms with van der Waals surface area (Å²) in [5, 5.41) is 9.43. The minimum absolute atomic E-state index is 0.0895. The zero-order chi connectivity index (χ0) is 12.8. The SMILES string of the molecule is CNCCCNCc1ccc2c(c1)NC(=O)CS2. The van der Waals surface area contributed by atoms with Crippen LogP contribution in [0.4, 0.5) is 5.69 Å². The molecule has 3 N–H and O–H groups in total. The summed E-state index contributed by atoms with van der Waals surface area (Å²) in [6.07, 6.45) is 1.12. The summed E-state index contributed by atoms with van der Waals surface area (Å²) < 4.78 is 0. The summed E-state index contributed by atoms with van der Waals surface area (Å²) in [7, 11) is 1.96. The molecule has 2 rings (SSSR count). The Morgan fingerprint density at radius 3 is 3.11 bits per heavy atom. The maximum Gasteiger partial charge on any atom is 0.234 e. The van der Waals surface area contributed by atoms with Crippen LogP contribution in [-0.4, -0.2) is 31.8 Å². The molecule has 1 aliphatic heterocycles. The highest BCUT2D eigenvalue weighted by Gasteiger charge is 2.14. The normalized spacial score (nSPS) is 14.2. The molecule has 0 saturated carbocycles. The molecule has 1 aromatic carbocycles. The first-order chi connectivity index (χ1) is 8.79. The van der Waals surface area contributed by atoms with Crippen LogP contribution in [-0.2, 0) is 11.3 Å². The topological polar surface area (TPSA) is 53.2 Å². The Labute approximate surface area is 112 Å². The molecule has 4 nitrogen and oxygen atoms in total. The van der Waals surface area contributed by atoms with Gasteiger partial charge in [0.15, 0.2) is 0 Å². The average molecular weight is 265 g/mol. The van der Waals surface area contributed by atoms with Crippen LogP contribution in [0.15, 0.2) is 23.1 Å². The van der Waals surface area contributed by atoms with Crippen molar-refractivity contribution in [3.05, 3.63) is 23.8 Å². The van der Waals surface area contributed by atoms with Gasteiger partial charge in [-0.1, -0.05) is 6.07 Å². The first kappa shape index (κ1) is 13.4. The third-order valence-electron chi connectivity index (χ3n) is 2.79. The molecule has 98 valence electrons. The summed E-state index contributed by atoms with van der Waals surface area (Å²) in [5.41, 5.74) is 2.16. The van der Waals surface area contributed by atoms with Crippen molar-refractivity contribution in [1.29, 1.82) is 0 Å². The van der Waals surface area contributed by atoms with Crippen LogP contribution in [0.5, 0.6) is 0 Å². The van der Waals surface area contributed by atoms with Crippen molar-refractivity contribution >= 4 is 23.4 Å². The maximum atomic E-state index is 11.3. The van der Waals surface area contributed by atoms with Gasteiger partial charge in [0.25, 0.3) is 0 Å². The maximum absolute atomic E-state index is 11.3. The van der Waals surface area contributed by atoms with Crippen LogP contribution in [0.2, 0.25) is 0 Å². The van der Waals surface area contributed by atoms with E-state index in [1.165, 1.54) is 5.56 Å². The predicted octanol–water partition coefficient (Wildman–Crippen LogP) is 1.43. The van der Waals surface area contributed by atoms with Crippen LogP contribution in [0.25, 0.3) is 0 Å². The molecule has 0 aromatic heterocycles. The third kappa shape index (κ3) is 3.73. The number of carbonyl (C=O) groups is 1. The number of amides is 1. The minimum atomic E-state index is 0.0895. The molecule has 0 aliphatic carbocycles. The molecular formula is C13H19N3OS. The number of hydrogen-bond acceptors (Lipinski definition) is 4. The molecule has 0 atom stereocenters. The van der Waals surface area contributed by atoms with E-state index in [4.69, 9.17) is 0 Å². The number of nitrogens with one attached hydrogen (secondary N) is 3.